The average molecular weight is 410 g/mol. The molecule has 1 saturated heterocycles. The van der Waals surface area contributed by atoms with E-state index < -0.39 is 11.6 Å². The molecule has 0 radical (unpaired) electrons. The van der Waals surface area contributed by atoms with E-state index in [0.29, 0.717) is 25.7 Å². The van der Waals surface area contributed by atoms with Gasteiger partial charge in [-0.2, -0.15) is 0 Å². The standard InChI is InChI=1S/C21H22N4O3S/c26-18(15-7-9-21(10-8-15)19(27)24-20(28)25-21)23-16-3-5-17(6-4-16)29-13-14-2-1-11-22-12-14/h1-6,11-12,15H,7-10,13H2,(H,23,26)(H2,24,25,27,28). The van der Waals surface area contributed by atoms with Crippen molar-refractivity contribution in [3.8, 4) is 0 Å². The number of thioether (sulfide) groups is 1. The van der Waals surface area contributed by atoms with Gasteiger partial charge in [-0.15, -0.1) is 11.8 Å². The predicted octanol–water partition coefficient (Wildman–Crippen LogP) is 3.08. The van der Waals surface area contributed by atoms with Gasteiger partial charge in [0.2, 0.25) is 5.91 Å². The van der Waals surface area contributed by atoms with Crippen LogP contribution in [-0.4, -0.2) is 28.4 Å². The molecule has 3 N–H and O–H groups in total. The van der Waals surface area contributed by atoms with Crippen molar-refractivity contribution in [2.45, 2.75) is 41.9 Å². The Balaban J connectivity index is 1.28. The van der Waals surface area contributed by atoms with Gasteiger partial charge in [0, 0.05) is 34.6 Å². The number of nitrogens with zero attached hydrogens (tertiary/aromatic N) is 1. The second-order valence-corrected chi connectivity index (χ2v) is 8.48. The molecule has 2 aromatic rings. The van der Waals surface area contributed by atoms with Crippen LogP contribution in [0.15, 0.2) is 53.7 Å². The Hall–Kier alpha value is -2.87. The van der Waals surface area contributed by atoms with Gasteiger partial charge in [-0.1, -0.05) is 6.07 Å². The van der Waals surface area contributed by atoms with Gasteiger partial charge in [0.1, 0.15) is 5.54 Å². The van der Waals surface area contributed by atoms with E-state index in [0.717, 1.165) is 21.9 Å². The molecule has 2 aliphatic rings. The molecule has 7 nitrogen and oxygen atoms in total. The largest absolute Gasteiger partial charge is 0.326 e. The van der Waals surface area contributed by atoms with Crippen LogP contribution < -0.4 is 16.0 Å². The number of carbonyl (C=O) groups excluding carboxylic acids is 3. The fourth-order valence-electron chi connectivity index (χ4n) is 3.78. The lowest BCUT2D eigenvalue weighted by Crippen LogP contribution is -2.50. The van der Waals surface area contributed by atoms with Gasteiger partial charge in [-0.3, -0.25) is 19.9 Å². The van der Waals surface area contributed by atoms with Gasteiger partial charge < -0.3 is 10.6 Å². The van der Waals surface area contributed by atoms with Crippen molar-refractivity contribution in [3.63, 3.8) is 0 Å². The molecule has 1 aromatic heterocycles. The Morgan fingerprint density at radius 1 is 1.17 bits per heavy atom. The molecule has 8 heteroatoms. The summed E-state index contributed by atoms with van der Waals surface area (Å²) >= 11 is 1.72. The Bertz CT molecular complexity index is 909. The van der Waals surface area contributed by atoms with Crippen LogP contribution in [0.25, 0.3) is 0 Å². The van der Waals surface area contributed by atoms with Crippen LogP contribution in [-0.2, 0) is 15.3 Å². The summed E-state index contributed by atoms with van der Waals surface area (Å²) in [6.45, 7) is 0. The lowest BCUT2D eigenvalue weighted by Gasteiger charge is -2.33. The molecule has 0 bridgehead atoms. The highest BCUT2D eigenvalue weighted by Gasteiger charge is 2.48. The summed E-state index contributed by atoms with van der Waals surface area (Å²) < 4.78 is 0. The summed E-state index contributed by atoms with van der Waals surface area (Å²) in [7, 11) is 0. The molecule has 29 heavy (non-hydrogen) atoms. The topological polar surface area (TPSA) is 100 Å². The number of imide groups is 1. The van der Waals surface area contributed by atoms with Crippen LogP contribution in [0.1, 0.15) is 31.2 Å². The lowest BCUT2D eigenvalue weighted by molar-refractivity contribution is -0.128. The number of anilines is 1. The van der Waals surface area contributed by atoms with E-state index in [1.807, 2.05) is 42.6 Å². The van der Waals surface area contributed by atoms with Gasteiger partial charge >= 0.3 is 6.03 Å². The van der Waals surface area contributed by atoms with Crippen LogP contribution >= 0.6 is 11.8 Å². The highest BCUT2D eigenvalue weighted by atomic mass is 32.2. The molecule has 1 aliphatic carbocycles. The van der Waals surface area contributed by atoms with Crippen molar-refractivity contribution in [2.75, 3.05) is 5.32 Å². The lowest BCUT2D eigenvalue weighted by atomic mass is 9.76. The molecule has 4 amide bonds. The number of carbonyl (C=O) groups is 3. The number of urea groups is 1. The second kappa shape index (κ2) is 8.24. The first-order chi connectivity index (χ1) is 14.0. The number of pyridine rings is 1. The van der Waals surface area contributed by atoms with E-state index in [2.05, 4.69) is 20.9 Å². The van der Waals surface area contributed by atoms with Crippen molar-refractivity contribution < 1.29 is 14.4 Å². The van der Waals surface area contributed by atoms with Crippen molar-refractivity contribution in [1.82, 2.24) is 15.6 Å². The second-order valence-electron chi connectivity index (χ2n) is 7.43. The van der Waals surface area contributed by atoms with Crippen molar-refractivity contribution in [3.05, 3.63) is 54.4 Å². The fraction of sp³-hybridized carbons (Fsp3) is 0.333. The molecule has 1 aliphatic heterocycles. The predicted molar refractivity (Wildman–Crippen MR) is 110 cm³/mol. The minimum atomic E-state index is -0.832. The maximum absolute atomic E-state index is 12.6. The number of hydrogen-bond donors (Lipinski definition) is 3. The fourth-order valence-corrected chi connectivity index (χ4v) is 4.61. The van der Waals surface area contributed by atoms with Gasteiger partial charge in [-0.05, 0) is 61.6 Å². The maximum Gasteiger partial charge on any atom is 0.322 e. The molecule has 1 saturated carbocycles. The van der Waals surface area contributed by atoms with Crippen LogP contribution in [0, 0.1) is 5.92 Å². The van der Waals surface area contributed by atoms with E-state index in [1.165, 1.54) is 0 Å². The highest BCUT2D eigenvalue weighted by Crippen LogP contribution is 2.35. The van der Waals surface area contributed by atoms with E-state index in [1.54, 1.807) is 18.0 Å². The van der Waals surface area contributed by atoms with E-state index >= 15 is 0 Å². The van der Waals surface area contributed by atoms with Gasteiger partial charge in [0.05, 0.1) is 0 Å². The zero-order chi connectivity index (χ0) is 20.3. The third-order valence-corrected chi connectivity index (χ3v) is 6.56. The first-order valence-electron chi connectivity index (χ1n) is 9.60. The van der Waals surface area contributed by atoms with Gasteiger partial charge in [0.15, 0.2) is 0 Å². The maximum atomic E-state index is 12.6. The minimum Gasteiger partial charge on any atom is -0.326 e. The van der Waals surface area contributed by atoms with E-state index in [-0.39, 0.29) is 17.7 Å². The minimum absolute atomic E-state index is 0.0413. The van der Waals surface area contributed by atoms with Crippen LogP contribution in [0.3, 0.4) is 0 Å². The molecular formula is C21H22N4O3S. The average Bonchev–Trinajstić information content (AvgIpc) is 3.01. The monoisotopic (exact) mass is 410 g/mol. The molecule has 4 rings (SSSR count). The molecule has 2 fully saturated rings. The first kappa shape index (κ1) is 19.4. The SMILES string of the molecule is O=C1NC(=O)C2(CCC(C(=O)Nc3ccc(SCc4cccnc4)cc3)CC2)N1. The number of benzene rings is 1. The van der Waals surface area contributed by atoms with E-state index in [9.17, 15) is 14.4 Å². The summed E-state index contributed by atoms with van der Waals surface area (Å²) in [5, 5.41) is 7.98. The summed E-state index contributed by atoms with van der Waals surface area (Å²) in [6.07, 6.45) is 5.71. The third-order valence-electron chi connectivity index (χ3n) is 5.47. The molecule has 150 valence electrons. The first-order valence-corrected chi connectivity index (χ1v) is 10.6. The molecule has 0 atom stereocenters. The number of aromatic nitrogens is 1. The number of hydrogen-bond acceptors (Lipinski definition) is 5. The van der Waals surface area contributed by atoms with Crippen LogP contribution in [0.4, 0.5) is 10.5 Å². The Morgan fingerprint density at radius 3 is 2.55 bits per heavy atom. The van der Waals surface area contributed by atoms with Crippen LogP contribution in [0.5, 0.6) is 0 Å². The summed E-state index contributed by atoms with van der Waals surface area (Å²) in [5.41, 5.74) is 1.09. The summed E-state index contributed by atoms with van der Waals surface area (Å²) in [4.78, 5) is 41.3. The van der Waals surface area contributed by atoms with Crippen molar-refractivity contribution in [1.29, 1.82) is 0 Å². The number of nitrogens with one attached hydrogen (secondary N) is 3. The number of amides is 4. The van der Waals surface area contributed by atoms with Crippen molar-refractivity contribution >= 4 is 35.3 Å². The molecular weight excluding hydrogens is 388 g/mol. The molecule has 1 aromatic carbocycles. The Labute approximate surface area is 173 Å². The zero-order valence-corrected chi connectivity index (χ0v) is 16.6. The molecule has 2 heterocycles. The zero-order valence-electron chi connectivity index (χ0n) is 15.8. The smallest absolute Gasteiger partial charge is 0.322 e. The number of rotatable bonds is 5. The Kier molecular flexibility index (Phi) is 5.53. The summed E-state index contributed by atoms with van der Waals surface area (Å²) in [6, 6.07) is 11.3. The normalized spacial score (nSPS) is 23.5. The highest BCUT2D eigenvalue weighted by molar-refractivity contribution is 7.98. The third kappa shape index (κ3) is 4.42. The summed E-state index contributed by atoms with van der Waals surface area (Å²) in [5.74, 6) is 0.361. The van der Waals surface area contributed by atoms with Crippen molar-refractivity contribution in [2.24, 2.45) is 5.92 Å². The van der Waals surface area contributed by atoms with E-state index in [4.69, 9.17) is 0 Å². The van der Waals surface area contributed by atoms with Gasteiger partial charge in [0.25, 0.3) is 5.91 Å². The molecule has 0 unspecified atom stereocenters. The molecule has 1 spiro atoms. The Morgan fingerprint density at radius 2 is 1.93 bits per heavy atom. The van der Waals surface area contributed by atoms with Gasteiger partial charge in [-0.25, -0.2) is 4.79 Å². The van der Waals surface area contributed by atoms with Crippen LogP contribution in [0.2, 0.25) is 0 Å². The quantitative estimate of drug-likeness (QED) is 0.520.